The molecule has 0 bridgehead atoms. The lowest BCUT2D eigenvalue weighted by molar-refractivity contribution is -0.157. The molecule has 0 radical (unpaired) electrons. The van der Waals surface area contributed by atoms with Gasteiger partial charge < -0.3 is 10.4 Å². The number of carbonyl (C=O) groups excluding carboxylic acids is 1. The van der Waals surface area contributed by atoms with E-state index in [1.54, 1.807) is 0 Å². The summed E-state index contributed by atoms with van der Waals surface area (Å²) in [6, 6.07) is 3.60. The van der Waals surface area contributed by atoms with E-state index in [9.17, 15) is 18.4 Å². The van der Waals surface area contributed by atoms with Gasteiger partial charge in [-0.15, -0.1) is 0 Å². The third-order valence-electron chi connectivity index (χ3n) is 4.02. The Morgan fingerprint density at radius 2 is 1.86 bits per heavy atom. The summed E-state index contributed by atoms with van der Waals surface area (Å²) >= 11 is 0. The lowest BCUT2D eigenvalue weighted by Crippen LogP contribution is -2.42. The fourth-order valence-electron chi connectivity index (χ4n) is 2.54. The molecular weight excluding hydrogens is 280 g/mol. The third-order valence-corrected chi connectivity index (χ3v) is 4.02. The van der Waals surface area contributed by atoms with Crippen molar-refractivity contribution in [3.05, 3.63) is 35.4 Å². The molecular formula is C15H17F2NO3. The Morgan fingerprint density at radius 3 is 2.33 bits per heavy atom. The molecule has 4 nitrogen and oxygen atoms in total. The molecule has 1 aliphatic carbocycles. The number of aliphatic carboxylic acids is 1. The van der Waals surface area contributed by atoms with Crippen molar-refractivity contribution in [3.63, 3.8) is 0 Å². The Labute approximate surface area is 121 Å². The highest BCUT2D eigenvalue weighted by Crippen LogP contribution is 2.44. The van der Waals surface area contributed by atoms with E-state index in [0.717, 1.165) is 18.6 Å². The molecule has 1 fully saturated rings. The number of hydrogen-bond donors (Lipinski definition) is 2. The number of halogens is 2. The number of nitrogens with one attached hydrogen (secondary N) is 1. The predicted octanol–water partition coefficient (Wildman–Crippen LogP) is 2.27. The minimum absolute atomic E-state index is 0.0321. The van der Waals surface area contributed by atoms with Gasteiger partial charge >= 0.3 is 5.97 Å². The summed E-state index contributed by atoms with van der Waals surface area (Å²) < 4.78 is 26.8. The number of carboxylic acids is 1. The number of hydrogen-bond acceptors (Lipinski definition) is 2. The SMILES string of the molecule is O=C(CC1(C(=O)O)CCC1)NCCc1c(F)cccc1F. The highest BCUT2D eigenvalue weighted by molar-refractivity contribution is 5.85. The zero-order valence-corrected chi connectivity index (χ0v) is 11.5. The van der Waals surface area contributed by atoms with Crippen molar-refractivity contribution in [2.75, 3.05) is 6.54 Å². The van der Waals surface area contributed by atoms with Crippen LogP contribution in [0.1, 0.15) is 31.2 Å². The molecule has 0 unspecified atom stereocenters. The normalized spacial score (nSPS) is 16.1. The van der Waals surface area contributed by atoms with E-state index in [1.807, 2.05) is 0 Å². The average molecular weight is 297 g/mol. The molecule has 6 heteroatoms. The van der Waals surface area contributed by atoms with Crippen molar-refractivity contribution in [1.82, 2.24) is 5.32 Å². The van der Waals surface area contributed by atoms with Crippen molar-refractivity contribution < 1.29 is 23.5 Å². The molecule has 0 aliphatic heterocycles. The predicted molar refractivity (Wildman–Crippen MR) is 71.6 cm³/mol. The highest BCUT2D eigenvalue weighted by atomic mass is 19.1. The van der Waals surface area contributed by atoms with Crippen LogP contribution in [0.2, 0.25) is 0 Å². The van der Waals surface area contributed by atoms with Crippen LogP contribution in [0.4, 0.5) is 8.78 Å². The first-order valence-electron chi connectivity index (χ1n) is 6.88. The number of benzene rings is 1. The molecule has 1 aromatic carbocycles. The Hall–Kier alpha value is -1.98. The number of rotatable bonds is 6. The summed E-state index contributed by atoms with van der Waals surface area (Å²) in [5.41, 5.74) is -1.03. The summed E-state index contributed by atoms with van der Waals surface area (Å²) in [7, 11) is 0. The lowest BCUT2D eigenvalue weighted by Gasteiger charge is -2.36. The van der Waals surface area contributed by atoms with E-state index in [-0.39, 0.29) is 24.9 Å². The fraction of sp³-hybridized carbons (Fsp3) is 0.467. The molecule has 0 saturated heterocycles. The maximum absolute atomic E-state index is 13.4. The van der Waals surface area contributed by atoms with Crippen LogP contribution in [-0.2, 0) is 16.0 Å². The van der Waals surface area contributed by atoms with Gasteiger partial charge in [0.25, 0.3) is 0 Å². The zero-order chi connectivity index (χ0) is 15.5. The first kappa shape index (κ1) is 15.4. The van der Waals surface area contributed by atoms with Gasteiger partial charge in [0, 0.05) is 18.5 Å². The largest absolute Gasteiger partial charge is 0.481 e. The van der Waals surface area contributed by atoms with Crippen molar-refractivity contribution >= 4 is 11.9 Å². The molecule has 114 valence electrons. The van der Waals surface area contributed by atoms with Gasteiger partial charge in [-0.2, -0.15) is 0 Å². The molecule has 2 N–H and O–H groups in total. The molecule has 0 atom stereocenters. The number of carbonyl (C=O) groups is 2. The van der Waals surface area contributed by atoms with Gasteiger partial charge in [0.1, 0.15) is 11.6 Å². The van der Waals surface area contributed by atoms with Gasteiger partial charge in [-0.3, -0.25) is 9.59 Å². The van der Waals surface area contributed by atoms with E-state index in [0.29, 0.717) is 12.8 Å². The summed E-state index contributed by atoms with van der Waals surface area (Å²) in [6.45, 7) is 0.0758. The Bertz CT molecular complexity index is 536. The molecule has 0 spiro atoms. The van der Waals surface area contributed by atoms with E-state index in [2.05, 4.69) is 5.32 Å². The van der Waals surface area contributed by atoms with Crippen LogP contribution in [-0.4, -0.2) is 23.5 Å². The van der Waals surface area contributed by atoms with Gasteiger partial charge in [-0.05, 0) is 31.4 Å². The van der Waals surface area contributed by atoms with Gasteiger partial charge in [0.05, 0.1) is 5.41 Å². The Balaban J connectivity index is 1.84. The summed E-state index contributed by atoms with van der Waals surface area (Å²) in [4.78, 5) is 22.9. The standard InChI is InChI=1S/C15H17F2NO3/c16-11-3-1-4-12(17)10(11)5-8-18-13(19)9-15(14(20)21)6-2-7-15/h1,3-4H,2,5-9H2,(H,18,19)(H,20,21). The Morgan fingerprint density at radius 1 is 1.24 bits per heavy atom. The monoisotopic (exact) mass is 297 g/mol. The molecule has 1 aromatic rings. The van der Waals surface area contributed by atoms with Crippen molar-refractivity contribution in [1.29, 1.82) is 0 Å². The first-order valence-corrected chi connectivity index (χ1v) is 6.88. The van der Waals surface area contributed by atoms with E-state index < -0.39 is 28.9 Å². The van der Waals surface area contributed by atoms with Crippen molar-refractivity contribution in [2.45, 2.75) is 32.1 Å². The topological polar surface area (TPSA) is 66.4 Å². The van der Waals surface area contributed by atoms with Crippen LogP contribution >= 0.6 is 0 Å². The fourth-order valence-corrected chi connectivity index (χ4v) is 2.54. The van der Waals surface area contributed by atoms with Crippen LogP contribution < -0.4 is 5.32 Å². The number of amides is 1. The van der Waals surface area contributed by atoms with Crippen molar-refractivity contribution in [2.24, 2.45) is 5.41 Å². The second-order valence-corrected chi connectivity index (χ2v) is 5.42. The van der Waals surface area contributed by atoms with Gasteiger partial charge in [-0.1, -0.05) is 12.5 Å². The van der Waals surface area contributed by atoms with Crippen LogP contribution in [0.15, 0.2) is 18.2 Å². The van der Waals surface area contributed by atoms with Crippen LogP contribution in [0.5, 0.6) is 0 Å². The quantitative estimate of drug-likeness (QED) is 0.846. The lowest BCUT2D eigenvalue weighted by atomic mass is 9.66. The molecule has 1 amide bonds. The number of carboxylic acid groups (broad SMARTS) is 1. The summed E-state index contributed by atoms with van der Waals surface area (Å²) in [6.07, 6.45) is 1.75. The Kier molecular flexibility index (Phi) is 4.55. The van der Waals surface area contributed by atoms with E-state index in [4.69, 9.17) is 5.11 Å². The minimum Gasteiger partial charge on any atom is -0.481 e. The average Bonchev–Trinajstić information content (AvgIpc) is 2.37. The summed E-state index contributed by atoms with van der Waals surface area (Å²) in [5.74, 6) is -2.65. The molecule has 1 aliphatic rings. The zero-order valence-electron chi connectivity index (χ0n) is 11.5. The molecule has 1 saturated carbocycles. The minimum atomic E-state index is -0.955. The molecule has 21 heavy (non-hydrogen) atoms. The second kappa shape index (κ2) is 6.20. The highest BCUT2D eigenvalue weighted by Gasteiger charge is 2.45. The maximum atomic E-state index is 13.4. The molecule has 0 heterocycles. The van der Waals surface area contributed by atoms with Gasteiger partial charge in [0.2, 0.25) is 5.91 Å². The summed E-state index contributed by atoms with van der Waals surface area (Å²) in [5, 5.41) is 11.7. The van der Waals surface area contributed by atoms with Crippen LogP contribution in [0, 0.1) is 17.0 Å². The van der Waals surface area contributed by atoms with Crippen molar-refractivity contribution in [3.8, 4) is 0 Å². The first-order chi connectivity index (χ1) is 9.94. The van der Waals surface area contributed by atoms with E-state index >= 15 is 0 Å². The smallest absolute Gasteiger partial charge is 0.310 e. The van der Waals surface area contributed by atoms with E-state index in [1.165, 1.54) is 6.07 Å². The van der Waals surface area contributed by atoms with Gasteiger partial charge in [-0.25, -0.2) is 8.78 Å². The third kappa shape index (κ3) is 3.37. The second-order valence-electron chi connectivity index (χ2n) is 5.42. The van der Waals surface area contributed by atoms with Crippen LogP contribution in [0.3, 0.4) is 0 Å². The van der Waals surface area contributed by atoms with Crippen LogP contribution in [0.25, 0.3) is 0 Å². The maximum Gasteiger partial charge on any atom is 0.310 e. The van der Waals surface area contributed by atoms with Gasteiger partial charge in [0.15, 0.2) is 0 Å². The molecule has 0 aromatic heterocycles. The molecule has 2 rings (SSSR count).